The van der Waals surface area contributed by atoms with Crippen LogP contribution in [0, 0.1) is 0 Å². The van der Waals surface area contributed by atoms with E-state index in [0.29, 0.717) is 5.75 Å². The largest absolute Gasteiger partial charge is 0.491 e. The van der Waals surface area contributed by atoms with Crippen molar-refractivity contribution in [3.05, 3.63) is 84.1 Å². The Hall–Kier alpha value is -3.73. The SMILES string of the molecule is CC(C)Oc1ccc(-n2c(C(=O)O)cc3cc(Oc4ccc(C(C)(C)C)cc4)ccc32)cc1. The fourth-order valence-corrected chi connectivity index (χ4v) is 3.80. The maximum absolute atomic E-state index is 12.0. The first kappa shape index (κ1) is 22.5. The van der Waals surface area contributed by atoms with Gasteiger partial charge >= 0.3 is 5.97 Å². The van der Waals surface area contributed by atoms with Crippen molar-refractivity contribution in [1.29, 1.82) is 0 Å². The molecule has 0 fully saturated rings. The molecular formula is C28H29NO4. The van der Waals surface area contributed by atoms with Gasteiger partial charge in [-0.05, 0) is 85.5 Å². The normalized spacial score (nSPS) is 11.7. The van der Waals surface area contributed by atoms with E-state index in [9.17, 15) is 9.90 Å². The molecule has 1 N–H and O–H groups in total. The number of aromatic nitrogens is 1. The number of rotatable bonds is 6. The number of benzene rings is 3. The third-order valence-corrected chi connectivity index (χ3v) is 5.41. The molecule has 0 aliphatic carbocycles. The predicted octanol–water partition coefficient (Wildman–Crippen LogP) is 7.21. The summed E-state index contributed by atoms with van der Waals surface area (Å²) in [6.07, 6.45) is 0.0703. The van der Waals surface area contributed by atoms with Crippen molar-refractivity contribution in [3.63, 3.8) is 0 Å². The van der Waals surface area contributed by atoms with Gasteiger partial charge in [0.2, 0.25) is 0 Å². The minimum absolute atomic E-state index is 0.0703. The van der Waals surface area contributed by atoms with Gasteiger partial charge in [0.1, 0.15) is 22.9 Å². The predicted molar refractivity (Wildman–Crippen MR) is 131 cm³/mol. The highest BCUT2D eigenvalue weighted by molar-refractivity contribution is 5.96. The third-order valence-electron chi connectivity index (χ3n) is 5.41. The summed E-state index contributed by atoms with van der Waals surface area (Å²) in [5.41, 5.74) is 3.05. The quantitative estimate of drug-likeness (QED) is 0.342. The molecule has 3 aromatic carbocycles. The van der Waals surface area contributed by atoms with Gasteiger partial charge in [-0.15, -0.1) is 0 Å². The average Bonchev–Trinajstić information content (AvgIpc) is 3.13. The summed E-state index contributed by atoms with van der Waals surface area (Å²) < 4.78 is 13.5. The third kappa shape index (κ3) is 4.87. The second-order valence-electron chi connectivity index (χ2n) is 9.43. The van der Waals surface area contributed by atoms with Crippen LogP contribution >= 0.6 is 0 Å². The molecule has 1 heterocycles. The van der Waals surface area contributed by atoms with Crippen molar-refractivity contribution in [2.45, 2.75) is 46.1 Å². The number of hydrogen-bond acceptors (Lipinski definition) is 3. The Balaban J connectivity index is 1.67. The molecule has 1 aromatic heterocycles. The van der Waals surface area contributed by atoms with Gasteiger partial charge < -0.3 is 19.1 Å². The van der Waals surface area contributed by atoms with Crippen molar-refractivity contribution in [3.8, 4) is 22.9 Å². The topological polar surface area (TPSA) is 60.7 Å². The first-order valence-corrected chi connectivity index (χ1v) is 11.1. The van der Waals surface area contributed by atoms with Gasteiger partial charge in [0, 0.05) is 11.1 Å². The minimum atomic E-state index is -0.992. The van der Waals surface area contributed by atoms with E-state index < -0.39 is 5.97 Å². The van der Waals surface area contributed by atoms with Crippen LogP contribution in [0.4, 0.5) is 0 Å². The number of ether oxygens (including phenoxy) is 2. The lowest BCUT2D eigenvalue weighted by molar-refractivity contribution is 0.0688. The lowest BCUT2D eigenvalue weighted by atomic mass is 9.87. The summed E-state index contributed by atoms with van der Waals surface area (Å²) in [6.45, 7) is 10.5. The maximum Gasteiger partial charge on any atom is 0.352 e. The van der Waals surface area contributed by atoms with Gasteiger partial charge in [0.25, 0.3) is 0 Å². The van der Waals surface area contributed by atoms with Gasteiger partial charge in [0.05, 0.1) is 11.6 Å². The fraction of sp³-hybridized carbons (Fsp3) is 0.250. The van der Waals surface area contributed by atoms with E-state index in [4.69, 9.17) is 9.47 Å². The number of carbonyl (C=O) groups is 1. The van der Waals surface area contributed by atoms with Crippen LogP contribution in [0.3, 0.4) is 0 Å². The molecule has 0 radical (unpaired) electrons. The van der Waals surface area contributed by atoms with Gasteiger partial charge in [-0.3, -0.25) is 0 Å². The molecule has 0 unspecified atom stereocenters. The highest BCUT2D eigenvalue weighted by Gasteiger charge is 2.17. The summed E-state index contributed by atoms with van der Waals surface area (Å²) in [6, 6.07) is 22.8. The van der Waals surface area contributed by atoms with E-state index in [-0.39, 0.29) is 17.2 Å². The summed E-state index contributed by atoms with van der Waals surface area (Å²) >= 11 is 0. The summed E-state index contributed by atoms with van der Waals surface area (Å²) in [4.78, 5) is 12.0. The van der Waals surface area contributed by atoms with Crippen molar-refractivity contribution in [2.75, 3.05) is 0 Å². The molecule has 0 aliphatic rings. The Morgan fingerprint density at radius 3 is 2.03 bits per heavy atom. The highest BCUT2D eigenvalue weighted by atomic mass is 16.5. The minimum Gasteiger partial charge on any atom is -0.491 e. The van der Waals surface area contributed by atoms with Crippen LogP contribution in [0.15, 0.2) is 72.8 Å². The maximum atomic E-state index is 12.0. The second kappa shape index (κ2) is 8.66. The van der Waals surface area contributed by atoms with Crippen molar-refractivity contribution in [2.24, 2.45) is 0 Å². The van der Waals surface area contributed by atoms with E-state index in [1.54, 1.807) is 10.6 Å². The van der Waals surface area contributed by atoms with Crippen LogP contribution in [-0.2, 0) is 5.41 Å². The van der Waals surface area contributed by atoms with Gasteiger partial charge in [-0.1, -0.05) is 32.9 Å². The lowest BCUT2D eigenvalue weighted by Gasteiger charge is -2.19. The Morgan fingerprint density at radius 1 is 0.848 bits per heavy atom. The summed E-state index contributed by atoms with van der Waals surface area (Å²) in [7, 11) is 0. The molecule has 0 amide bonds. The van der Waals surface area contributed by atoms with E-state index in [2.05, 4.69) is 32.9 Å². The highest BCUT2D eigenvalue weighted by Crippen LogP contribution is 2.32. The standard InChI is InChI=1S/C28H29NO4/c1-18(2)32-22-12-8-21(9-13-22)29-25-15-14-24(16-19(25)17-26(29)27(30)31)33-23-10-6-20(7-11-23)28(3,4)5/h6-18H,1-5H3,(H,30,31). The zero-order valence-electron chi connectivity index (χ0n) is 19.6. The number of nitrogens with zero attached hydrogens (tertiary/aromatic N) is 1. The molecule has 0 saturated heterocycles. The van der Waals surface area contributed by atoms with Crippen LogP contribution in [0.2, 0.25) is 0 Å². The Labute approximate surface area is 194 Å². The smallest absolute Gasteiger partial charge is 0.352 e. The zero-order chi connectivity index (χ0) is 23.8. The summed E-state index contributed by atoms with van der Waals surface area (Å²) in [5.74, 6) is 1.14. The zero-order valence-corrected chi connectivity index (χ0v) is 19.6. The van der Waals surface area contributed by atoms with Gasteiger partial charge in [0.15, 0.2) is 0 Å². The fourth-order valence-electron chi connectivity index (χ4n) is 3.80. The number of carboxylic acid groups (broad SMARTS) is 1. The Bertz CT molecular complexity index is 1280. The molecule has 0 bridgehead atoms. The van der Waals surface area contributed by atoms with E-state index >= 15 is 0 Å². The number of hydrogen-bond donors (Lipinski definition) is 1. The molecule has 4 rings (SSSR count). The second-order valence-corrected chi connectivity index (χ2v) is 9.43. The first-order chi connectivity index (χ1) is 15.6. The molecule has 33 heavy (non-hydrogen) atoms. The van der Waals surface area contributed by atoms with Crippen LogP contribution in [-0.4, -0.2) is 21.7 Å². The molecule has 170 valence electrons. The number of aromatic carboxylic acids is 1. The van der Waals surface area contributed by atoms with Crippen molar-refractivity contribution >= 4 is 16.9 Å². The van der Waals surface area contributed by atoms with Crippen molar-refractivity contribution < 1.29 is 19.4 Å². The molecular weight excluding hydrogens is 414 g/mol. The van der Waals surface area contributed by atoms with Crippen molar-refractivity contribution in [1.82, 2.24) is 4.57 Å². The lowest BCUT2D eigenvalue weighted by Crippen LogP contribution is -2.10. The van der Waals surface area contributed by atoms with Gasteiger partial charge in [-0.25, -0.2) is 4.79 Å². The number of carboxylic acids is 1. The Kier molecular flexibility index (Phi) is 5.90. The van der Waals surface area contributed by atoms with Crippen LogP contribution in [0.5, 0.6) is 17.2 Å². The first-order valence-electron chi connectivity index (χ1n) is 11.1. The molecule has 5 nitrogen and oxygen atoms in total. The molecule has 5 heteroatoms. The van der Waals surface area contributed by atoms with E-state index in [1.807, 2.05) is 68.4 Å². The van der Waals surface area contributed by atoms with Crippen LogP contribution < -0.4 is 9.47 Å². The van der Waals surface area contributed by atoms with Crippen LogP contribution in [0.25, 0.3) is 16.6 Å². The Morgan fingerprint density at radius 2 is 1.45 bits per heavy atom. The van der Waals surface area contributed by atoms with E-state index in [0.717, 1.165) is 28.1 Å². The summed E-state index contributed by atoms with van der Waals surface area (Å²) in [5, 5.41) is 10.6. The van der Waals surface area contributed by atoms with Gasteiger partial charge in [-0.2, -0.15) is 0 Å². The van der Waals surface area contributed by atoms with E-state index in [1.165, 1.54) is 5.56 Å². The molecule has 0 spiro atoms. The molecule has 0 saturated carbocycles. The average molecular weight is 444 g/mol. The number of fused-ring (bicyclic) bond motifs is 1. The monoisotopic (exact) mass is 443 g/mol. The van der Waals surface area contributed by atoms with Crippen LogP contribution in [0.1, 0.15) is 50.7 Å². The molecule has 4 aromatic rings. The molecule has 0 aliphatic heterocycles. The molecule has 0 atom stereocenters.